The summed E-state index contributed by atoms with van der Waals surface area (Å²) in [5.74, 6) is 1.55. The van der Waals surface area contributed by atoms with Gasteiger partial charge in [-0.2, -0.15) is 0 Å². The van der Waals surface area contributed by atoms with Crippen molar-refractivity contribution in [3.05, 3.63) is 36.4 Å². The first-order chi connectivity index (χ1) is 13.2. The number of nitrogens with zero attached hydrogens (tertiary/aromatic N) is 6. The third kappa shape index (κ3) is 2.82. The van der Waals surface area contributed by atoms with E-state index in [0.717, 1.165) is 59.8 Å². The number of rotatable bonds is 4. The molecule has 8 heteroatoms. The molecule has 1 aliphatic heterocycles. The fourth-order valence-corrected chi connectivity index (χ4v) is 3.54. The van der Waals surface area contributed by atoms with Gasteiger partial charge in [0.15, 0.2) is 5.65 Å². The summed E-state index contributed by atoms with van der Waals surface area (Å²) in [4.78, 5) is 13.8. The highest BCUT2D eigenvalue weighted by molar-refractivity contribution is 5.82. The van der Waals surface area contributed by atoms with Gasteiger partial charge in [0.05, 0.1) is 23.5 Å². The maximum absolute atomic E-state index is 5.63. The Bertz CT molecular complexity index is 1120. The van der Waals surface area contributed by atoms with Gasteiger partial charge in [-0.05, 0) is 38.0 Å². The molecule has 0 spiro atoms. The molecule has 0 aromatic carbocycles. The van der Waals surface area contributed by atoms with Crippen molar-refractivity contribution in [3.8, 4) is 11.3 Å². The Morgan fingerprint density at radius 3 is 3.04 bits per heavy atom. The van der Waals surface area contributed by atoms with E-state index in [2.05, 4.69) is 20.4 Å². The van der Waals surface area contributed by atoms with E-state index in [0.29, 0.717) is 5.95 Å². The van der Waals surface area contributed by atoms with Gasteiger partial charge in [0.1, 0.15) is 11.3 Å². The molecule has 0 radical (unpaired) electrons. The Hall–Kier alpha value is -3.00. The molecule has 5 rings (SSSR count). The molecule has 1 saturated heterocycles. The van der Waals surface area contributed by atoms with Crippen LogP contribution in [0, 0.1) is 6.92 Å². The Morgan fingerprint density at radius 1 is 1.26 bits per heavy atom. The summed E-state index contributed by atoms with van der Waals surface area (Å²) in [6.45, 7) is 3.56. The molecule has 0 saturated carbocycles. The van der Waals surface area contributed by atoms with Crippen LogP contribution in [-0.4, -0.2) is 48.4 Å². The van der Waals surface area contributed by atoms with E-state index in [-0.39, 0.29) is 6.10 Å². The summed E-state index contributed by atoms with van der Waals surface area (Å²) >= 11 is 0. The number of anilines is 1. The standard InChI is InChI=1S/C19H21N7O/c1-12-22-16-6-5-15(23-18(16)25(12)2)14-7-8-26-17(14)11-21-19(24-26)20-10-13-4-3-9-27-13/h5-8,11,13H,3-4,9-10H2,1-2H3,(H,20,24). The van der Waals surface area contributed by atoms with Crippen molar-refractivity contribution in [3.63, 3.8) is 0 Å². The lowest BCUT2D eigenvalue weighted by Crippen LogP contribution is -2.20. The van der Waals surface area contributed by atoms with Gasteiger partial charge >= 0.3 is 0 Å². The van der Waals surface area contributed by atoms with Crippen molar-refractivity contribution in [2.75, 3.05) is 18.5 Å². The number of nitrogens with one attached hydrogen (secondary N) is 1. The number of aromatic nitrogens is 6. The van der Waals surface area contributed by atoms with Crippen LogP contribution in [0.15, 0.2) is 30.6 Å². The summed E-state index contributed by atoms with van der Waals surface area (Å²) in [6.07, 6.45) is 6.23. The van der Waals surface area contributed by atoms with Gasteiger partial charge in [-0.25, -0.2) is 19.5 Å². The average Bonchev–Trinajstić information content (AvgIpc) is 3.40. The third-order valence-electron chi connectivity index (χ3n) is 5.14. The van der Waals surface area contributed by atoms with Crippen molar-refractivity contribution < 1.29 is 4.74 Å². The number of pyridine rings is 1. The highest BCUT2D eigenvalue weighted by atomic mass is 16.5. The molecule has 1 atom stereocenters. The molecule has 0 aliphatic carbocycles. The van der Waals surface area contributed by atoms with Crippen molar-refractivity contribution in [2.45, 2.75) is 25.9 Å². The van der Waals surface area contributed by atoms with Gasteiger partial charge < -0.3 is 14.6 Å². The van der Waals surface area contributed by atoms with Crippen LogP contribution in [0.5, 0.6) is 0 Å². The van der Waals surface area contributed by atoms with E-state index < -0.39 is 0 Å². The molecule has 0 amide bonds. The van der Waals surface area contributed by atoms with Crippen LogP contribution >= 0.6 is 0 Å². The quantitative estimate of drug-likeness (QED) is 0.600. The SMILES string of the molecule is Cc1nc2ccc(-c3ccn4nc(NCC5CCCO5)ncc34)nc2n1C. The zero-order valence-electron chi connectivity index (χ0n) is 15.4. The molecule has 8 nitrogen and oxygen atoms in total. The summed E-state index contributed by atoms with van der Waals surface area (Å²) in [5, 5.41) is 7.83. The lowest BCUT2D eigenvalue weighted by molar-refractivity contribution is 0.120. The second kappa shape index (κ2) is 6.31. The second-order valence-electron chi connectivity index (χ2n) is 6.91. The fourth-order valence-electron chi connectivity index (χ4n) is 3.54. The van der Waals surface area contributed by atoms with Gasteiger partial charge in [-0.1, -0.05) is 0 Å². The minimum absolute atomic E-state index is 0.253. The molecule has 4 aromatic rings. The van der Waals surface area contributed by atoms with Gasteiger partial charge in [-0.3, -0.25) is 0 Å². The Labute approximate surface area is 156 Å². The van der Waals surface area contributed by atoms with E-state index in [1.807, 2.05) is 53.6 Å². The molecule has 27 heavy (non-hydrogen) atoms. The maximum atomic E-state index is 5.63. The molecule has 1 aliphatic rings. The molecule has 5 heterocycles. The fraction of sp³-hybridized carbons (Fsp3) is 0.368. The van der Waals surface area contributed by atoms with Crippen molar-refractivity contribution >= 4 is 22.6 Å². The number of fused-ring (bicyclic) bond motifs is 2. The van der Waals surface area contributed by atoms with Crippen LogP contribution in [0.1, 0.15) is 18.7 Å². The largest absolute Gasteiger partial charge is 0.376 e. The van der Waals surface area contributed by atoms with Gasteiger partial charge in [0, 0.05) is 32.0 Å². The minimum Gasteiger partial charge on any atom is -0.376 e. The van der Waals surface area contributed by atoms with E-state index in [4.69, 9.17) is 9.72 Å². The maximum Gasteiger partial charge on any atom is 0.241 e. The number of ether oxygens (including phenoxy) is 1. The monoisotopic (exact) mass is 363 g/mol. The highest BCUT2D eigenvalue weighted by Crippen LogP contribution is 2.26. The minimum atomic E-state index is 0.253. The summed E-state index contributed by atoms with van der Waals surface area (Å²) in [5.41, 5.74) is 4.58. The van der Waals surface area contributed by atoms with Crippen LogP contribution in [0.4, 0.5) is 5.95 Å². The zero-order valence-corrected chi connectivity index (χ0v) is 15.4. The molecule has 1 N–H and O–H groups in total. The van der Waals surface area contributed by atoms with E-state index >= 15 is 0 Å². The Kier molecular flexibility index (Phi) is 3.78. The lowest BCUT2D eigenvalue weighted by Gasteiger charge is -2.10. The Balaban J connectivity index is 1.46. The molecule has 1 fully saturated rings. The Morgan fingerprint density at radius 2 is 2.19 bits per heavy atom. The van der Waals surface area contributed by atoms with Gasteiger partial charge in [0.25, 0.3) is 0 Å². The first kappa shape index (κ1) is 16.2. The van der Waals surface area contributed by atoms with E-state index in [1.165, 1.54) is 0 Å². The molecule has 138 valence electrons. The smallest absolute Gasteiger partial charge is 0.241 e. The van der Waals surface area contributed by atoms with Crippen LogP contribution in [0.25, 0.3) is 27.9 Å². The second-order valence-corrected chi connectivity index (χ2v) is 6.91. The number of hydrogen-bond acceptors (Lipinski definition) is 6. The predicted molar refractivity (Wildman–Crippen MR) is 103 cm³/mol. The van der Waals surface area contributed by atoms with Crippen LogP contribution < -0.4 is 5.32 Å². The average molecular weight is 363 g/mol. The number of imidazole rings is 1. The summed E-state index contributed by atoms with van der Waals surface area (Å²) in [6, 6.07) is 6.02. The van der Waals surface area contributed by atoms with Crippen LogP contribution in [-0.2, 0) is 11.8 Å². The van der Waals surface area contributed by atoms with E-state index in [1.54, 1.807) is 0 Å². The molecule has 0 bridgehead atoms. The highest BCUT2D eigenvalue weighted by Gasteiger charge is 2.16. The molecule has 1 unspecified atom stereocenters. The predicted octanol–water partition coefficient (Wildman–Crippen LogP) is 2.58. The first-order valence-corrected chi connectivity index (χ1v) is 9.19. The molecule has 4 aromatic heterocycles. The first-order valence-electron chi connectivity index (χ1n) is 9.19. The topological polar surface area (TPSA) is 82.2 Å². The summed E-state index contributed by atoms with van der Waals surface area (Å²) in [7, 11) is 1.98. The lowest BCUT2D eigenvalue weighted by atomic mass is 10.2. The third-order valence-corrected chi connectivity index (χ3v) is 5.14. The van der Waals surface area contributed by atoms with Gasteiger partial charge in [-0.15, -0.1) is 5.10 Å². The number of hydrogen-bond donors (Lipinski definition) is 1. The number of aryl methyl sites for hydroxylation is 2. The van der Waals surface area contributed by atoms with Crippen molar-refractivity contribution in [1.29, 1.82) is 0 Å². The van der Waals surface area contributed by atoms with Crippen molar-refractivity contribution in [1.82, 2.24) is 29.1 Å². The van der Waals surface area contributed by atoms with E-state index in [9.17, 15) is 0 Å². The normalized spacial score (nSPS) is 17.2. The molecular weight excluding hydrogens is 342 g/mol. The van der Waals surface area contributed by atoms with Gasteiger partial charge in [0.2, 0.25) is 5.95 Å². The van der Waals surface area contributed by atoms with Crippen molar-refractivity contribution in [2.24, 2.45) is 7.05 Å². The zero-order chi connectivity index (χ0) is 18.4. The van der Waals surface area contributed by atoms with Crippen LogP contribution in [0.2, 0.25) is 0 Å². The molecular formula is C19H21N7O. The van der Waals surface area contributed by atoms with Crippen LogP contribution in [0.3, 0.4) is 0 Å². The summed E-state index contributed by atoms with van der Waals surface area (Å²) < 4.78 is 9.46.